The fourth-order valence-electron chi connectivity index (χ4n) is 3.24. The summed E-state index contributed by atoms with van der Waals surface area (Å²) in [4.78, 5) is 2.08. The van der Waals surface area contributed by atoms with Crippen LogP contribution in [0.25, 0.3) is 0 Å². The zero-order valence-corrected chi connectivity index (χ0v) is 14.2. The van der Waals surface area contributed by atoms with E-state index in [1.54, 1.807) is 12.1 Å². The predicted molar refractivity (Wildman–Crippen MR) is 90.6 cm³/mol. The zero-order chi connectivity index (χ0) is 16.4. The van der Waals surface area contributed by atoms with Gasteiger partial charge >= 0.3 is 0 Å². The highest BCUT2D eigenvalue weighted by Crippen LogP contribution is 2.34. The molecule has 3 nitrogen and oxygen atoms in total. The van der Waals surface area contributed by atoms with E-state index in [2.05, 4.69) is 20.8 Å². The van der Waals surface area contributed by atoms with Crippen molar-refractivity contribution in [2.24, 2.45) is 0 Å². The standard InChI is InChI=1S/C18H19BrFNO2/c19-16-4-2-1-3-13(16)9-21-10-15(18(23)17(21)11-22)12-5-7-14(20)8-6-12/h1-8,15,17-18,22-23H,9-11H2/t15-,17-,18-/m1/s1. The van der Waals surface area contributed by atoms with Crippen LogP contribution >= 0.6 is 15.9 Å². The molecular weight excluding hydrogens is 361 g/mol. The Bertz CT molecular complexity index is 664. The number of halogens is 2. The first-order valence-electron chi connectivity index (χ1n) is 7.62. The lowest BCUT2D eigenvalue weighted by atomic mass is 9.94. The van der Waals surface area contributed by atoms with Crippen molar-refractivity contribution < 1.29 is 14.6 Å². The number of benzene rings is 2. The van der Waals surface area contributed by atoms with Crippen molar-refractivity contribution in [3.63, 3.8) is 0 Å². The number of nitrogens with zero attached hydrogens (tertiary/aromatic N) is 1. The Morgan fingerprint density at radius 1 is 1.13 bits per heavy atom. The number of aliphatic hydroxyl groups is 2. The van der Waals surface area contributed by atoms with Gasteiger partial charge < -0.3 is 10.2 Å². The van der Waals surface area contributed by atoms with Crippen molar-refractivity contribution in [3.8, 4) is 0 Å². The predicted octanol–water partition coefficient (Wildman–Crippen LogP) is 2.91. The highest BCUT2D eigenvalue weighted by molar-refractivity contribution is 9.10. The lowest BCUT2D eigenvalue weighted by molar-refractivity contribution is 0.0640. The van der Waals surface area contributed by atoms with Gasteiger partial charge in [0.05, 0.1) is 18.8 Å². The molecule has 5 heteroatoms. The summed E-state index contributed by atoms with van der Waals surface area (Å²) in [5, 5.41) is 20.3. The minimum Gasteiger partial charge on any atom is -0.395 e. The van der Waals surface area contributed by atoms with Crippen molar-refractivity contribution in [2.45, 2.75) is 24.6 Å². The third-order valence-electron chi connectivity index (χ3n) is 4.52. The van der Waals surface area contributed by atoms with Crippen LogP contribution in [-0.2, 0) is 6.54 Å². The number of rotatable bonds is 4. The summed E-state index contributed by atoms with van der Waals surface area (Å²) < 4.78 is 14.1. The van der Waals surface area contributed by atoms with E-state index >= 15 is 0 Å². The van der Waals surface area contributed by atoms with Gasteiger partial charge in [0.15, 0.2) is 0 Å². The molecule has 2 aromatic carbocycles. The summed E-state index contributed by atoms with van der Waals surface area (Å²) >= 11 is 3.54. The Morgan fingerprint density at radius 3 is 2.48 bits per heavy atom. The molecular formula is C18H19BrFNO2. The minimum atomic E-state index is -0.673. The molecule has 2 N–H and O–H groups in total. The van der Waals surface area contributed by atoms with Crippen LogP contribution in [0.5, 0.6) is 0 Å². The maximum Gasteiger partial charge on any atom is 0.123 e. The first-order chi connectivity index (χ1) is 11.1. The van der Waals surface area contributed by atoms with E-state index in [4.69, 9.17) is 0 Å². The summed E-state index contributed by atoms with van der Waals surface area (Å²) in [5.74, 6) is -0.416. The van der Waals surface area contributed by atoms with E-state index in [1.807, 2.05) is 24.3 Å². The molecule has 1 saturated heterocycles. The van der Waals surface area contributed by atoms with E-state index in [-0.39, 0.29) is 24.4 Å². The Kier molecular flexibility index (Phi) is 5.11. The second kappa shape index (κ2) is 7.09. The molecule has 0 unspecified atom stereocenters. The van der Waals surface area contributed by atoms with Gasteiger partial charge in [-0.1, -0.05) is 46.3 Å². The van der Waals surface area contributed by atoms with Crippen LogP contribution in [-0.4, -0.2) is 40.4 Å². The molecule has 0 aromatic heterocycles. The monoisotopic (exact) mass is 379 g/mol. The van der Waals surface area contributed by atoms with Crippen LogP contribution < -0.4 is 0 Å². The van der Waals surface area contributed by atoms with Crippen molar-refractivity contribution >= 4 is 15.9 Å². The van der Waals surface area contributed by atoms with E-state index in [9.17, 15) is 14.6 Å². The summed E-state index contributed by atoms with van der Waals surface area (Å²) in [6.07, 6.45) is -0.673. The fraction of sp³-hybridized carbons (Fsp3) is 0.333. The largest absolute Gasteiger partial charge is 0.395 e. The number of likely N-dealkylation sites (tertiary alicyclic amines) is 1. The summed E-state index contributed by atoms with van der Waals surface area (Å²) in [5.41, 5.74) is 2.00. The molecule has 1 aliphatic heterocycles. The summed E-state index contributed by atoms with van der Waals surface area (Å²) in [7, 11) is 0. The fourth-order valence-corrected chi connectivity index (χ4v) is 3.65. The average Bonchev–Trinajstić information content (AvgIpc) is 2.86. The van der Waals surface area contributed by atoms with E-state index in [0.29, 0.717) is 13.1 Å². The normalized spacial score (nSPS) is 25.0. The first kappa shape index (κ1) is 16.6. The molecule has 1 aliphatic rings. The van der Waals surface area contributed by atoms with E-state index in [1.165, 1.54) is 12.1 Å². The highest BCUT2D eigenvalue weighted by Gasteiger charge is 2.40. The molecule has 0 spiro atoms. The molecule has 0 saturated carbocycles. The quantitative estimate of drug-likeness (QED) is 0.858. The maximum atomic E-state index is 13.1. The molecule has 122 valence electrons. The van der Waals surface area contributed by atoms with Gasteiger partial charge in [-0.3, -0.25) is 4.90 Å². The van der Waals surface area contributed by atoms with Crippen molar-refractivity contribution in [2.75, 3.05) is 13.2 Å². The molecule has 3 atom stereocenters. The Hall–Kier alpha value is -1.27. The lowest BCUT2D eigenvalue weighted by Gasteiger charge is -2.24. The molecule has 1 heterocycles. The van der Waals surface area contributed by atoms with Gasteiger partial charge in [-0.25, -0.2) is 4.39 Å². The summed E-state index contributed by atoms with van der Waals surface area (Å²) in [6.45, 7) is 1.16. The number of aliphatic hydroxyl groups excluding tert-OH is 2. The topological polar surface area (TPSA) is 43.7 Å². The molecule has 1 fully saturated rings. The Labute approximate surface area is 143 Å². The van der Waals surface area contributed by atoms with Gasteiger partial charge in [-0.2, -0.15) is 0 Å². The summed E-state index contributed by atoms with van der Waals surface area (Å²) in [6, 6.07) is 13.8. The van der Waals surface area contributed by atoms with E-state index < -0.39 is 6.10 Å². The zero-order valence-electron chi connectivity index (χ0n) is 12.6. The van der Waals surface area contributed by atoms with Gasteiger partial charge in [0, 0.05) is 23.5 Å². The average molecular weight is 380 g/mol. The Balaban J connectivity index is 1.81. The first-order valence-corrected chi connectivity index (χ1v) is 8.41. The van der Waals surface area contributed by atoms with Crippen LogP contribution in [0.1, 0.15) is 17.0 Å². The minimum absolute atomic E-state index is 0.108. The van der Waals surface area contributed by atoms with Gasteiger partial charge in [-0.15, -0.1) is 0 Å². The van der Waals surface area contributed by atoms with Crippen LogP contribution in [0.3, 0.4) is 0 Å². The Morgan fingerprint density at radius 2 is 1.83 bits per heavy atom. The van der Waals surface area contributed by atoms with Crippen molar-refractivity contribution in [3.05, 3.63) is 69.9 Å². The van der Waals surface area contributed by atoms with Gasteiger partial charge in [-0.05, 0) is 29.3 Å². The maximum absolute atomic E-state index is 13.1. The second-order valence-electron chi connectivity index (χ2n) is 5.92. The molecule has 2 aromatic rings. The third-order valence-corrected chi connectivity index (χ3v) is 5.30. The molecule has 0 aliphatic carbocycles. The smallest absolute Gasteiger partial charge is 0.123 e. The van der Waals surface area contributed by atoms with Gasteiger partial charge in [0.25, 0.3) is 0 Å². The van der Waals surface area contributed by atoms with Crippen LogP contribution in [0.2, 0.25) is 0 Å². The number of hydrogen-bond donors (Lipinski definition) is 2. The highest BCUT2D eigenvalue weighted by atomic mass is 79.9. The lowest BCUT2D eigenvalue weighted by Crippen LogP contribution is -2.38. The van der Waals surface area contributed by atoms with E-state index in [0.717, 1.165) is 15.6 Å². The number of hydrogen-bond acceptors (Lipinski definition) is 3. The molecule has 23 heavy (non-hydrogen) atoms. The van der Waals surface area contributed by atoms with Crippen LogP contribution in [0, 0.1) is 5.82 Å². The van der Waals surface area contributed by atoms with Crippen molar-refractivity contribution in [1.29, 1.82) is 0 Å². The van der Waals surface area contributed by atoms with Crippen molar-refractivity contribution in [1.82, 2.24) is 4.90 Å². The van der Waals surface area contributed by atoms with Gasteiger partial charge in [0.2, 0.25) is 0 Å². The van der Waals surface area contributed by atoms with Gasteiger partial charge in [0.1, 0.15) is 5.82 Å². The SMILES string of the molecule is OC[C@@H]1[C@H](O)[C@@H](c2ccc(F)cc2)CN1Cc1ccccc1Br. The third kappa shape index (κ3) is 3.48. The molecule has 3 rings (SSSR count). The molecule has 0 bridgehead atoms. The van der Waals surface area contributed by atoms with Crippen LogP contribution in [0.4, 0.5) is 4.39 Å². The molecule has 0 amide bonds. The van der Waals surface area contributed by atoms with Crippen LogP contribution in [0.15, 0.2) is 53.0 Å². The molecule has 0 radical (unpaired) electrons. The second-order valence-corrected chi connectivity index (χ2v) is 6.77.